The second kappa shape index (κ2) is 5.43. The third-order valence-electron chi connectivity index (χ3n) is 2.56. The Morgan fingerprint density at radius 1 is 1.12 bits per heavy atom. The Hall–Kier alpha value is -1.90. The zero-order valence-corrected chi connectivity index (χ0v) is 10.1. The molecule has 0 saturated carbocycles. The normalized spacial score (nSPS) is 10.4. The van der Waals surface area contributed by atoms with Crippen molar-refractivity contribution in [2.24, 2.45) is 0 Å². The Bertz CT molecular complexity index is 480. The Kier molecular flexibility index (Phi) is 3.70. The van der Waals surface area contributed by atoms with Crippen molar-refractivity contribution in [1.82, 2.24) is 9.97 Å². The fourth-order valence-electron chi connectivity index (χ4n) is 1.82. The molecule has 0 unspecified atom stereocenters. The van der Waals surface area contributed by atoms with Crippen molar-refractivity contribution in [3.05, 3.63) is 53.5 Å². The first kappa shape index (κ1) is 11.6. The molecule has 1 heterocycles. The molecule has 1 aromatic heterocycles. The molecule has 0 radical (unpaired) electrons. The lowest BCUT2D eigenvalue weighted by atomic mass is 10.1. The Morgan fingerprint density at radius 2 is 1.88 bits per heavy atom. The third kappa shape index (κ3) is 3.28. The smallest absolute Gasteiger partial charge is 0.135 e. The van der Waals surface area contributed by atoms with Gasteiger partial charge in [0.05, 0.1) is 0 Å². The molecule has 0 aliphatic rings. The van der Waals surface area contributed by atoms with E-state index in [0.717, 1.165) is 30.8 Å². The van der Waals surface area contributed by atoms with Crippen LogP contribution in [0.3, 0.4) is 0 Å². The van der Waals surface area contributed by atoms with E-state index in [1.54, 1.807) is 0 Å². The summed E-state index contributed by atoms with van der Waals surface area (Å²) < 4.78 is 0. The van der Waals surface area contributed by atoms with Gasteiger partial charge in [-0.15, -0.1) is 0 Å². The molecule has 2 aromatic rings. The van der Waals surface area contributed by atoms with Crippen molar-refractivity contribution in [2.75, 3.05) is 5.73 Å². The number of nitrogen functional groups attached to an aromatic ring is 1. The number of aromatic nitrogens is 2. The molecule has 3 nitrogen and oxygen atoms in total. The summed E-state index contributed by atoms with van der Waals surface area (Å²) >= 11 is 0. The van der Waals surface area contributed by atoms with E-state index in [-0.39, 0.29) is 0 Å². The zero-order valence-electron chi connectivity index (χ0n) is 10.1. The minimum Gasteiger partial charge on any atom is -0.384 e. The lowest BCUT2D eigenvalue weighted by Gasteiger charge is -2.05. The van der Waals surface area contributed by atoms with Gasteiger partial charge >= 0.3 is 0 Å². The summed E-state index contributed by atoms with van der Waals surface area (Å²) in [5, 5.41) is 0. The van der Waals surface area contributed by atoms with Crippen LogP contribution >= 0.6 is 0 Å². The van der Waals surface area contributed by atoms with E-state index in [2.05, 4.69) is 29.0 Å². The SMILES string of the molecule is CCCc1cc(N)nc(Cc2ccccc2)n1. The minimum absolute atomic E-state index is 0.564. The Labute approximate surface area is 102 Å². The van der Waals surface area contributed by atoms with Gasteiger partial charge in [0.2, 0.25) is 0 Å². The van der Waals surface area contributed by atoms with Gasteiger partial charge in [0, 0.05) is 18.2 Å². The highest BCUT2D eigenvalue weighted by Crippen LogP contribution is 2.10. The van der Waals surface area contributed by atoms with Gasteiger partial charge in [0.15, 0.2) is 0 Å². The Morgan fingerprint density at radius 3 is 2.59 bits per heavy atom. The standard InChI is InChI=1S/C14H17N3/c1-2-6-12-10-13(15)17-14(16-12)9-11-7-4-3-5-8-11/h3-5,7-8,10H,2,6,9H2,1H3,(H2,15,16,17). The molecule has 1 aromatic carbocycles. The second-order valence-corrected chi connectivity index (χ2v) is 4.11. The predicted octanol–water partition coefficient (Wildman–Crippen LogP) is 2.60. The molecule has 0 aliphatic heterocycles. The molecule has 0 bridgehead atoms. The van der Waals surface area contributed by atoms with E-state index in [1.807, 2.05) is 24.3 Å². The molecular formula is C14H17N3. The van der Waals surface area contributed by atoms with Crippen molar-refractivity contribution in [3.8, 4) is 0 Å². The van der Waals surface area contributed by atoms with Gasteiger partial charge in [-0.2, -0.15) is 0 Å². The van der Waals surface area contributed by atoms with E-state index in [4.69, 9.17) is 5.73 Å². The molecule has 0 amide bonds. The van der Waals surface area contributed by atoms with E-state index < -0.39 is 0 Å². The number of aryl methyl sites for hydroxylation is 1. The van der Waals surface area contributed by atoms with Crippen molar-refractivity contribution in [1.29, 1.82) is 0 Å². The minimum atomic E-state index is 0.564. The molecule has 0 saturated heterocycles. The maximum absolute atomic E-state index is 5.79. The third-order valence-corrected chi connectivity index (χ3v) is 2.56. The van der Waals surface area contributed by atoms with Crippen LogP contribution in [-0.2, 0) is 12.8 Å². The maximum Gasteiger partial charge on any atom is 0.135 e. The average Bonchev–Trinajstić information content (AvgIpc) is 2.30. The van der Waals surface area contributed by atoms with Crippen LogP contribution in [0.5, 0.6) is 0 Å². The quantitative estimate of drug-likeness (QED) is 0.873. The molecule has 0 fully saturated rings. The van der Waals surface area contributed by atoms with Crippen LogP contribution in [-0.4, -0.2) is 9.97 Å². The largest absolute Gasteiger partial charge is 0.384 e. The highest BCUT2D eigenvalue weighted by molar-refractivity contribution is 5.31. The maximum atomic E-state index is 5.79. The van der Waals surface area contributed by atoms with Gasteiger partial charge in [0.1, 0.15) is 11.6 Å². The number of hydrogen-bond acceptors (Lipinski definition) is 3. The molecule has 3 heteroatoms. The lowest BCUT2D eigenvalue weighted by Crippen LogP contribution is -2.04. The second-order valence-electron chi connectivity index (χ2n) is 4.11. The summed E-state index contributed by atoms with van der Waals surface area (Å²) in [4.78, 5) is 8.81. The van der Waals surface area contributed by atoms with E-state index in [0.29, 0.717) is 5.82 Å². The highest BCUT2D eigenvalue weighted by Gasteiger charge is 2.03. The van der Waals surface area contributed by atoms with Crippen molar-refractivity contribution in [2.45, 2.75) is 26.2 Å². The fourth-order valence-corrected chi connectivity index (χ4v) is 1.82. The fraction of sp³-hybridized carbons (Fsp3) is 0.286. The Balaban J connectivity index is 2.21. The lowest BCUT2D eigenvalue weighted by molar-refractivity contribution is 0.844. The van der Waals surface area contributed by atoms with E-state index >= 15 is 0 Å². The molecule has 2 rings (SSSR count). The molecular weight excluding hydrogens is 210 g/mol. The number of nitrogens with two attached hydrogens (primary N) is 1. The van der Waals surface area contributed by atoms with Crippen LogP contribution in [0.4, 0.5) is 5.82 Å². The van der Waals surface area contributed by atoms with Gasteiger partial charge < -0.3 is 5.73 Å². The number of anilines is 1. The van der Waals surface area contributed by atoms with Gasteiger partial charge in [-0.05, 0) is 12.0 Å². The number of rotatable bonds is 4. The van der Waals surface area contributed by atoms with Gasteiger partial charge in [-0.3, -0.25) is 0 Å². The molecule has 0 spiro atoms. The molecule has 0 atom stereocenters. The van der Waals surface area contributed by atoms with Crippen LogP contribution in [0.1, 0.15) is 30.4 Å². The molecule has 0 aliphatic carbocycles. The summed E-state index contributed by atoms with van der Waals surface area (Å²) in [6, 6.07) is 12.1. The topological polar surface area (TPSA) is 51.8 Å². The van der Waals surface area contributed by atoms with Crippen molar-refractivity contribution in [3.63, 3.8) is 0 Å². The summed E-state index contributed by atoms with van der Waals surface area (Å²) in [5.41, 5.74) is 8.03. The van der Waals surface area contributed by atoms with Gasteiger partial charge in [-0.25, -0.2) is 9.97 Å². The molecule has 88 valence electrons. The number of nitrogens with zero attached hydrogens (tertiary/aromatic N) is 2. The van der Waals surface area contributed by atoms with Crippen LogP contribution < -0.4 is 5.73 Å². The summed E-state index contributed by atoms with van der Waals surface area (Å²) in [7, 11) is 0. The van der Waals surface area contributed by atoms with Crippen LogP contribution in [0.25, 0.3) is 0 Å². The van der Waals surface area contributed by atoms with E-state index in [9.17, 15) is 0 Å². The summed E-state index contributed by atoms with van der Waals surface area (Å²) in [6.45, 7) is 2.13. The number of benzene rings is 1. The molecule has 17 heavy (non-hydrogen) atoms. The van der Waals surface area contributed by atoms with Crippen LogP contribution in [0, 0.1) is 0 Å². The average molecular weight is 227 g/mol. The first-order chi connectivity index (χ1) is 8.28. The zero-order chi connectivity index (χ0) is 12.1. The molecule has 2 N–H and O–H groups in total. The van der Waals surface area contributed by atoms with Gasteiger partial charge in [0.25, 0.3) is 0 Å². The van der Waals surface area contributed by atoms with E-state index in [1.165, 1.54) is 5.56 Å². The summed E-state index contributed by atoms with van der Waals surface area (Å²) in [6.07, 6.45) is 2.76. The summed E-state index contributed by atoms with van der Waals surface area (Å²) in [5.74, 6) is 1.37. The van der Waals surface area contributed by atoms with Crippen molar-refractivity contribution < 1.29 is 0 Å². The van der Waals surface area contributed by atoms with Crippen molar-refractivity contribution >= 4 is 5.82 Å². The first-order valence-corrected chi connectivity index (χ1v) is 5.94. The van der Waals surface area contributed by atoms with Crippen LogP contribution in [0.15, 0.2) is 36.4 Å². The van der Waals surface area contributed by atoms with Gasteiger partial charge in [-0.1, -0.05) is 43.7 Å². The predicted molar refractivity (Wildman–Crippen MR) is 69.7 cm³/mol. The highest BCUT2D eigenvalue weighted by atomic mass is 14.9. The monoisotopic (exact) mass is 227 g/mol. The number of hydrogen-bond donors (Lipinski definition) is 1. The van der Waals surface area contributed by atoms with Crippen LogP contribution in [0.2, 0.25) is 0 Å². The first-order valence-electron chi connectivity index (χ1n) is 5.94.